The fraction of sp³-hybridized carbons (Fsp3) is 0.719. The molecule has 0 bridgehead atoms. The molecule has 3 N–H and O–H groups in total. The first-order valence-corrected chi connectivity index (χ1v) is 15.2. The molecular formula is C32H49N3O6. The zero-order valence-corrected chi connectivity index (χ0v) is 25.8. The van der Waals surface area contributed by atoms with Crippen LogP contribution in [0.3, 0.4) is 0 Å². The molecule has 9 heteroatoms. The van der Waals surface area contributed by atoms with Gasteiger partial charge in [0.1, 0.15) is 18.0 Å². The molecule has 0 radical (unpaired) electrons. The molecule has 1 aromatic carbocycles. The standard InChI is InChI=1S/C32H49N3O6/c1-19(2)40-27-20(3)13-23(14-21(27)4)24-16-32(41-34-24)17-25(30(38)39)35(18-32)29(37)28(31(5,6)7)33-26(36)15-22-11-9-8-10-12-22/h13-14,19,22,25-26,28,33,36H,8-12,15-18H2,1-7H3,(H,38,39)/t25-,26?,28+,32+/m0/s1. The number of ether oxygens (including phenoxy) is 1. The molecular weight excluding hydrogens is 522 g/mol. The number of hydrogen-bond acceptors (Lipinski definition) is 7. The Morgan fingerprint density at radius 2 is 1.80 bits per heavy atom. The predicted molar refractivity (Wildman–Crippen MR) is 158 cm³/mol. The minimum Gasteiger partial charge on any atom is -0.490 e. The maximum absolute atomic E-state index is 14.0. The lowest BCUT2D eigenvalue weighted by atomic mass is 9.84. The van der Waals surface area contributed by atoms with Gasteiger partial charge < -0.3 is 24.7 Å². The number of nitrogens with zero attached hydrogens (tertiary/aromatic N) is 2. The third-order valence-electron chi connectivity index (χ3n) is 8.71. The van der Waals surface area contributed by atoms with Crippen LogP contribution in [0.15, 0.2) is 17.3 Å². The Kier molecular flexibility index (Phi) is 9.38. The number of likely N-dealkylation sites (tertiary alicyclic amines) is 1. The van der Waals surface area contributed by atoms with Crippen LogP contribution in [0.5, 0.6) is 5.75 Å². The van der Waals surface area contributed by atoms with E-state index >= 15 is 0 Å². The van der Waals surface area contributed by atoms with Crippen molar-refractivity contribution < 1.29 is 29.4 Å². The van der Waals surface area contributed by atoms with Crippen molar-refractivity contribution in [3.63, 3.8) is 0 Å². The van der Waals surface area contributed by atoms with Gasteiger partial charge in [-0.05, 0) is 68.7 Å². The first-order valence-electron chi connectivity index (χ1n) is 15.2. The Balaban J connectivity index is 1.50. The molecule has 1 unspecified atom stereocenters. The minimum absolute atomic E-state index is 0.0587. The Bertz CT molecular complexity index is 1130. The molecule has 1 aliphatic carbocycles. The summed E-state index contributed by atoms with van der Waals surface area (Å²) in [5.74, 6) is -0.106. The first-order chi connectivity index (χ1) is 19.2. The monoisotopic (exact) mass is 571 g/mol. The number of aliphatic hydroxyl groups excluding tert-OH is 1. The van der Waals surface area contributed by atoms with Crippen molar-refractivity contribution in [2.75, 3.05) is 6.54 Å². The summed E-state index contributed by atoms with van der Waals surface area (Å²) in [4.78, 5) is 33.8. The van der Waals surface area contributed by atoms with Crippen molar-refractivity contribution >= 4 is 17.6 Å². The maximum Gasteiger partial charge on any atom is 0.326 e. The van der Waals surface area contributed by atoms with Gasteiger partial charge in [-0.1, -0.05) is 58.0 Å². The lowest BCUT2D eigenvalue weighted by molar-refractivity contribution is -0.150. The Morgan fingerprint density at radius 3 is 2.37 bits per heavy atom. The van der Waals surface area contributed by atoms with Gasteiger partial charge in [0, 0.05) is 18.4 Å². The summed E-state index contributed by atoms with van der Waals surface area (Å²) in [5.41, 5.74) is 2.18. The van der Waals surface area contributed by atoms with Crippen LogP contribution in [0.4, 0.5) is 0 Å². The highest BCUT2D eigenvalue weighted by molar-refractivity contribution is 6.02. The van der Waals surface area contributed by atoms with E-state index in [0.29, 0.717) is 18.8 Å². The number of aliphatic carboxylic acids is 1. The van der Waals surface area contributed by atoms with Gasteiger partial charge in [-0.25, -0.2) is 4.79 Å². The molecule has 3 aliphatic rings. The summed E-state index contributed by atoms with van der Waals surface area (Å²) < 4.78 is 5.98. The second kappa shape index (κ2) is 12.3. The normalized spacial score (nSPS) is 24.9. The van der Waals surface area contributed by atoms with Gasteiger partial charge >= 0.3 is 5.97 Å². The van der Waals surface area contributed by atoms with Crippen molar-refractivity contribution in [1.29, 1.82) is 0 Å². The van der Waals surface area contributed by atoms with Crippen LogP contribution in [-0.2, 0) is 14.4 Å². The molecule has 1 amide bonds. The Morgan fingerprint density at radius 1 is 1.17 bits per heavy atom. The molecule has 1 spiro atoms. The number of amides is 1. The minimum atomic E-state index is -1.07. The second-order valence-electron chi connectivity index (χ2n) is 13.8. The van der Waals surface area contributed by atoms with Crippen LogP contribution in [-0.4, -0.2) is 69.3 Å². The number of nitrogens with one attached hydrogen (secondary N) is 1. The van der Waals surface area contributed by atoms with Gasteiger partial charge in [-0.2, -0.15) is 0 Å². The quantitative estimate of drug-likeness (QED) is 0.359. The van der Waals surface area contributed by atoms with Gasteiger partial charge in [0.15, 0.2) is 5.60 Å². The summed E-state index contributed by atoms with van der Waals surface area (Å²) in [6.07, 6.45) is 6.14. The van der Waals surface area contributed by atoms with E-state index in [1.165, 1.54) is 24.2 Å². The molecule has 2 aliphatic heterocycles. The van der Waals surface area contributed by atoms with Crippen LogP contribution in [0.1, 0.15) is 103 Å². The van der Waals surface area contributed by atoms with Crippen LogP contribution >= 0.6 is 0 Å². The summed E-state index contributed by atoms with van der Waals surface area (Å²) >= 11 is 0. The number of aryl methyl sites for hydroxylation is 2. The van der Waals surface area contributed by atoms with Gasteiger partial charge in [-0.15, -0.1) is 0 Å². The Labute approximate surface area is 244 Å². The number of carbonyl (C=O) groups is 2. The zero-order chi connectivity index (χ0) is 30.1. The number of carboxylic acid groups (broad SMARTS) is 1. The van der Waals surface area contributed by atoms with Crippen molar-refractivity contribution in [3.8, 4) is 5.75 Å². The van der Waals surface area contributed by atoms with E-state index < -0.39 is 35.3 Å². The summed E-state index contributed by atoms with van der Waals surface area (Å²) in [6.45, 7) is 13.9. The maximum atomic E-state index is 14.0. The number of carboxylic acids is 1. The third kappa shape index (κ3) is 7.23. The summed E-state index contributed by atoms with van der Waals surface area (Å²) in [7, 11) is 0. The summed E-state index contributed by atoms with van der Waals surface area (Å²) in [5, 5.41) is 28.6. The average molecular weight is 572 g/mol. The molecule has 2 heterocycles. The highest BCUT2D eigenvalue weighted by Gasteiger charge is 2.55. The lowest BCUT2D eigenvalue weighted by Gasteiger charge is -2.37. The summed E-state index contributed by atoms with van der Waals surface area (Å²) in [6, 6.07) is 2.25. The Hall–Kier alpha value is -2.65. The number of hydrogen-bond donors (Lipinski definition) is 3. The van der Waals surface area contributed by atoms with Crippen LogP contribution in [0, 0.1) is 25.2 Å². The van der Waals surface area contributed by atoms with E-state index in [1.807, 2.05) is 60.6 Å². The average Bonchev–Trinajstić information content (AvgIpc) is 3.48. The fourth-order valence-electron chi connectivity index (χ4n) is 6.67. The number of aliphatic hydroxyl groups is 1. The van der Waals surface area contributed by atoms with Crippen molar-refractivity contribution in [1.82, 2.24) is 10.2 Å². The van der Waals surface area contributed by atoms with Gasteiger partial charge in [0.25, 0.3) is 0 Å². The molecule has 9 nitrogen and oxygen atoms in total. The largest absolute Gasteiger partial charge is 0.490 e. The molecule has 228 valence electrons. The van der Waals surface area contributed by atoms with E-state index in [4.69, 9.17) is 9.57 Å². The number of carbonyl (C=O) groups excluding carboxylic acids is 1. The molecule has 4 atom stereocenters. The molecule has 41 heavy (non-hydrogen) atoms. The van der Waals surface area contributed by atoms with Crippen LogP contribution < -0.4 is 10.1 Å². The van der Waals surface area contributed by atoms with Crippen molar-refractivity contribution in [2.45, 2.75) is 130 Å². The first kappa shape index (κ1) is 31.3. The molecule has 1 saturated carbocycles. The molecule has 0 aromatic heterocycles. The van der Waals surface area contributed by atoms with Gasteiger partial charge in [-0.3, -0.25) is 10.1 Å². The van der Waals surface area contributed by atoms with Crippen LogP contribution in [0.2, 0.25) is 0 Å². The smallest absolute Gasteiger partial charge is 0.326 e. The fourth-order valence-corrected chi connectivity index (χ4v) is 6.67. The second-order valence-corrected chi connectivity index (χ2v) is 13.8. The number of benzene rings is 1. The molecule has 2 fully saturated rings. The van der Waals surface area contributed by atoms with E-state index in [9.17, 15) is 19.8 Å². The molecule has 4 rings (SSSR count). The highest BCUT2D eigenvalue weighted by Crippen LogP contribution is 2.41. The molecule has 1 aromatic rings. The molecule has 1 saturated heterocycles. The van der Waals surface area contributed by atoms with Crippen LogP contribution in [0.25, 0.3) is 0 Å². The van der Waals surface area contributed by atoms with Crippen molar-refractivity contribution in [2.24, 2.45) is 16.5 Å². The number of rotatable bonds is 9. The van der Waals surface area contributed by atoms with Crippen molar-refractivity contribution in [3.05, 3.63) is 28.8 Å². The van der Waals surface area contributed by atoms with E-state index in [2.05, 4.69) is 10.5 Å². The van der Waals surface area contributed by atoms with E-state index in [-0.39, 0.29) is 25.0 Å². The SMILES string of the molecule is Cc1cc(C2=NO[C@]3(C2)C[C@@H](C(=O)O)N(C(=O)[C@@H](NC(O)CC2CCCCC2)C(C)(C)C)C3)cc(C)c1OC(C)C. The van der Waals surface area contributed by atoms with Gasteiger partial charge in [0.05, 0.1) is 24.4 Å². The lowest BCUT2D eigenvalue weighted by Crippen LogP contribution is -2.58. The van der Waals surface area contributed by atoms with E-state index in [0.717, 1.165) is 41.0 Å². The third-order valence-corrected chi connectivity index (χ3v) is 8.71. The topological polar surface area (TPSA) is 121 Å². The number of oxime groups is 1. The van der Waals surface area contributed by atoms with Gasteiger partial charge in [0.2, 0.25) is 5.91 Å². The zero-order valence-electron chi connectivity index (χ0n) is 25.8. The van der Waals surface area contributed by atoms with E-state index in [1.54, 1.807) is 0 Å². The predicted octanol–water partition coefficient (Wildman–Crippen LogP) is 4.93. The highest BCUT2D eigenvalue weighted by atomic mass is 16.7.